The summed E-state index contributed by atoms with van der Waals surface area (Å²) in [6.07, 6.45) is -4.18. The number of ketones is 3. The van der Waals surface area contributed by atoms with Gasteiger partial charge in [-0.15, -0.1) is 0 Å². The van der Waals surface area contributed by atoms with Gasteiger partial charge in [-0.05, 0) is 26.3 Å². The van der Waals surface area contributed by atoms with Gasteiger partial charge in [-0.2, -0.15) is 0 Å². The maximum absolute atomic E-state index is 13.8. The number of carbonyl (C=O) groups excluding carboxylic acids is 4. The molecule has 5 N–H and O–H groups in total. The fourth-order valence-electron chi connectivity index (χ4n) is 6.27. The minimum atomic E-state index is -2.05. The van der Waals surface area contributed by atoms with Gasteiger partial charge in [0.05, 0.1) is 42.0 Å². The Balaban J connectivity index is 1.60. The van der Waals surface area contributed by atoms with Gasteiger partial charge >= 0.3 is 0 Å². The third kappa shape index (κ3) is 5.07. The number of benzene rings is 2. The number of phenols is 2. The molecule has 1 heterocycles. The molecule has 6 atom stereocenters. The zero-order valence-electron chi connectivity index (χ0n) is 24.3. The predicted molar refractivity (Wildman–Crippen MR) is 149 cm³/mol. The average molecular weight is 598 g/mol. The molecule has 12 heteroatoms. The van der Waals surface area contributed by atoms with Gasteiger partial charge in [-0.3, -0.25) is 19.2 Å². The fourth-order valence-corrected chi connectivity index (χ4v) is 6.27. The lowest BCUT2D eigenvalue weighted by atomic mass is 9.72. The number of amides is 1. The standard InChI is InChI=1S/C31H35NO11/c1-5-7-20(34)32-17-10-21(42-13(2)26(17)35)43-19-12-31(40,14(3)33)11-16-23(19)30(39)25-24(28(16)37)27(36)15-8-6-9-18(41-4)22(15)29(25)38/h6,8-9,13,17,19,21,26,35,37,39-40H,5,7,10-12H2,1-4H3,(H,32,34). The number of hydrogen-bond acceptors (Lipinski definition) is 11. The number of aliphatic hydroxyl groups excluding tert-OH is 1. The molecule has 230 valence electrons. The molecule has 1 fully saturated rings. The van der Waals surface area contributed by atoms with Crippen molar-refractivity contribution < 1.29 is 53.8 Å². The molecule has 43 heavy (non-hydrogen) atoms. The Bertz CT molecular complexity index is 1520. The van der Waals surface area contributed by atoms with Gasteiger partial charge in [0, 0.05) is 42.4 Å². The third-order valence-corrected chi connectivity index (χ3v) is 8.58. The SMILES string of the molecule is CCCC(=O)NC1CC(OC2CC(O)(C(C)=O)Cc3c(O)c4c(c(O)c32)C(=O)c2c(OC)cccc2C4=O)OC(C)C1O. The molecular formula is C31H35NO11. The van der Waals surface area contributed by atoms with Crippen LogP contribution in [0.15, 0.2) is 18.2 Å². The van der Waals surface area contributed by atoms with Gasteiger partial charge in [0.2, 0.25) is 11.7 Å². The summed E-state index contributed by atoms with van der Waals surface area (Å²) in [7, 11) is 1.33. The molecule has 0 saturated carbocycles. The fraction of sp³-hybridized carbons (Fsp3) is 0.484. The van der Waals surface area contributed by atoms with E-state index in [1.807, 2.05) is 6.92 Å². The number of aliphatic hydroxyl groups is 2. The largest absolute Gasteiger partial charge is 0.507 e. The smallest absolute Gasteiger partial charge is 0.220 e. The minimum Gasteiger partial charge on any atom is -0.507 e. The van der Waals surface area contributed by atoms with Crippen molar-refractivity contribution in [3.05, 3.63) is 51.6 Å². The van der Waals surface area contributed by atoms with Crippen LogP contribution in [0.25, 0.3) is 0 Å². The lowest BCUT2D eigenvalue weighted by Gasteiger charge is -2.42. The second-order valence-electron chi connectivity index (χ2n) is 11.4. The average Bonchev–Trinajstić information content (AvgIpc) is 2.95. The van der Waals surface area contributed by atoms with Crippen molar-refractivity contribution in [2.45, 2.75) is 89.1 Å². The van der Waals surface area contributed by atoms with Gasteiger partial charge in [0.25, 0.3) is 0 Å². The lowest BCUT2D eigenvalue weighted by Crippen LogP contribution is -2.55. The number of ether oxygens (including phenoxy) is 3. The molecule has 5 rings (SSSR count). The van der Waals surface area contributed by atoms with Crippen LogP contribution in [0.1, 0.15) is 95.5 Å². The number of Topliss-reactive ketones (excluding diaryl/α,β-unsaturated/α-hetero) is 1. The van der Waals surface area contributed by atoms with Gasteiger partial charge in [-0.1, -0.05) is 19.1 Å². The number of aromatic hydroxyl groups is 2. The molecule has 2 aromatic carbocycles. The van der Waals surface area contributed by atoms with Crippen molar-refractivity contribution in [3.8, 4) is 17.2 Å². The highest BCUT2D eigenvalue weighted by Gasteiger charge is 2.49. The Kier molecular flexibility index (Phi) is 8.07. The first-order valence-electron chi connectivity index (χ1n) is 14.2. The number of methoxy groups -OCH3 is 1. The zero-order valence-corrected chi connectivity index (χ0v) is 24.3. The predicted octanol–water partition coefficient (Wildman–Crippen LogP) is 1.99. The van der Waals surface area contributed by atoms with E-state index < -0.39 is 82.6 Å². The van der Waals surface area contributed by atoms with Crippen molar-refractivity contribution >= 4 is 23.3 Å². The van der Waals surface area contributed by atoms with Crippen LogP contribution in [0.3, 0.4) is 0 Å². The van der Waals surface area contributed by atoms with Crippen molar-refractivity contribution in [1.82, 2.24) is 5.32 Å². The quantitative estimate of drug-likeness (QED) is 0.251. The van der Waals surface area contributed by atoms with E-state index in [0.29, 0.717) is 6.42 Å². The molecule has 2 aliphatic carbocycles. The van der Waals surface area contributed by atoms with E-state index >= 15 is 0 Å². The van der Waals surface area contributed by atoms with Crippen LogP contribution >= 0.6 is 0 Å². The minimum absolute atomic E-state index is 0.00896. The van der Waals surface area contributed by atoms with Gasteiger partial charge < -0.3 is 40.0 Å². The maximum atomic E-state index is 13.8. The molecule has 0 radical (unpaired) electrons. The van der Waals surface area contributed by atoms with Gasteiger partial charge in [0.1, 0.15) is 29.0 Å². The zero-order chi connectivity index (χ0) is 31.4. The second-order valence-corrected chi connectivity index (χ2v) is 11.4. The molecule has 1 amide bonds. The summed E-state index contributed by atoms with van der Waals surface area (Å²) < 4.78 is 17.3. The molecule has 2 aromatic rings. The normalized spacial score (nSPS) is 28.0. The highest BCUT2D eigenvalue weighted by Crippen LogP contribution is 2.52. The van der Waals surface area contributed by atoms with E-state index in [-0.39, 0.29) is 53.2 Å². The Morgan fingerprint density at radius 3 is 2.47 bits per heavy atom. The molecule has 0 bridgehead atoms. The van der Waals surface area contributed by atoms with E-state index in [1.165, 1.54) is 32.2 Å². The highest BCUT2D eigenvalue weighted by molar-refractivity contribution is 6.31. The molecule has 0 aromatic heterocycles. The van der Waals surface area contributed by atoms with E-state index in [4.69, 9.17) is 14.2 Å². The van der Waals surface area contributed by atoms with Crippen molar-refractivity contribution in [2.75, 3.05) is 7.11 Å². The summed E-state index contributed by atoms with van der Waals surface area (Å²) in [5.41, 5.74) is -3.24. The number of carbonyl (C=O) groups is 4. The van der Waals surface area contributed by atoms with E-state index in [9.17, 15) is 39.6 Å². The number of rotatable bonds is 7. The van der Waals surface area contributed by atoms with Crippen LogP contribution in [-0.4, -0.2) is 80.9 Å². The van der Waals surface area contributed by atoms with E-state index in [0.717, 1.165) is 0 Å². The van der Waals surface area contributed by atoms with Crippen LogP contribution in [-0.2, 0) is 25.5 Å². The van der Waals surface area contributed by atoms with Crippen molar-refractivity contribution in [2.24, 2.45) is 0 Å². The third-order valence-electron chi connectivity index (χ3n) is 8.58. The summed E-state index contributed by atoms with van der Waals surface area (Å²) in [6, 6.07) is 3.67. The Morgan fingerprint density at radius 2 is 1.81 bits per heavy atom. The molecule has 0 spiro atoms. The molecular weight excluding hydrogens is 562 g/mol. The summed E-state index contributed by atoms with van der Waals surface area (Å²) in [4.78, 5) is 52.3. The number of hydrogen-bond donors (Lipinski definition) is 5. The molecule has 6 unspecified atom stereocenters. The lowest BCUT2D eigenvalue weighted by molar-refractivity contribution is -0.249. The molecule has 3 aliphatic rings. The number of phenolic OH excluding ortho intramolecular Hbond substituents is 2. The van der Waals surface area contributed by atoms with Crippen molar-refractivity contribution in [3.63, 3.8) is 0 Å². The summed E-state index contributed by atoms with van der Waals surface area (Å²) in [5.74, 6) is -3.58. The summed E-state index contributed by atoms with van der Waals surface area (Å²) in [5, 5.41) is 47.8. The first-order valence-corrected chi connectivity index (χ1v) is 14.2. The monoisotopic (exact) mass is 597 g/mol. The van der Waals surface area contributed by atoms with Crippen LogP contribution in [0.4, 0.5) is 0 Å². The highest BCUT2D eigenvalue weighted by atomic mass is 16.7. The van der Waals surface area contributed by atoms with Crippen LogP contribution in [0, 0.1) is 0 Å². The van der Waals surface area contributed by atoms with Gasteiger partial charge in [-0.25, -0.2) is 0 Å². The summed E-state index contributed by atoms with van der Waals surface area (Å²) in [6.45, 7) is 4.61. The van der Waals surface area contributed by atoms with E-state index in [2.05, 4.69) is 5.32 Å². The maximum Gasteiger partial charge on any atom is 0.220 e. The Hall–Kier alpha value is -3.84. The molecule has 1 aliphatic heterocycles. The first kappa shape index (κ1) is 30.6. The summed E-state index contributed by atoms with van der Waals surface area (Å²) >= 11 is 0. The van der Waals surface area contributed by atoms with Crippen LogP contribution < -0.4 is 10.1 Å². The molecule has 12 nitrogen and oxygen atoms in total. The van der Waals surface area contributed by atoms with Crippen molar-refractivity contribution in [1.29, 1.82) is 0 Å². The Labute approximate surface area is 247 Å². The Morgan fingerprint density at radius 1 is 1.12 bits per heavy atom. The van der Waals surface area contributed by atoms with Crippen LogP contribution in [0.2, 0.25) is 0 Å². The van der Waals surface area contributed by atoms with Gasteiger partial charge in [0.15, 0.2) is 17.9 Å². The number of fused-ring (bicyclic) bond motifs is 3. The first-order chi connectivity index (χ1) is 20.3. The van der Waals surface area contributed by atoms with Crippen LogP contribution in [0.5, 0.6) is 17.2 Å². The second kappa shape index (κ2) is 11.3. The molecule has 1 saturated heterocycles. The number of nitrogens with one attached hydrogen (secondary N) is 1. The topological polar surface area (TPSA) is 189 Å². The van der Waals surface area contributed by atoms with E-state index in [1.54, 1.807) is 6.92 Å².